The van der Waals surface area contributed by atoms with Crippen molar-refractivity contribution in [1.82, 2.24) is 20.2 Å². The summed E-state index contributed by atoms with van der Waals surface area (Å²) in [5.74, 6) is 0.815. The summed E-state index contributed by atoms with van der Waals surface area (Å²) >= 11 is 0. The van der Waals surface area contributed by atoms with Crippen molar-refractivity contribution in [1.29, 1.82) is 0 Å². The maximum absolute atomic E-state index is 4.24. The van der Waals surface area contributed by atoms with Crippen molar-refractivity contribution < 1.29 is 0 Å². The van der Waals surface area contributed by atoms with Crippen LogP contribution in [0, 0.1) is 0 Å². The first kappa shape index (κ1) is 16.1. The second-order valence-corrected chi connectivity index (χ2v) is 6.35. The number of rotatable bonds is 4. The summed E-state index contributed by atoms with van der Waals surface area (Å²) in [6, 6.07) is 8.58. The standard InChI is InChI=1S/C17H25N5/c1-17(2,3)21-16(18-4)20-11-14-5-7-15(8-6-14)12-22-10-9-19-13-22/h5-10,13H,11-12H2,1-4H3,(H2,18,20,21). The molecular weight excluding hydrogens is 274 g/mol. The molecule has 22 heavy (non-hydrogen) atoms. The topological polar surface area (TPSA) is 54.2 Å². The van der Waals surface area contributed by atoms with Crippen LogP contribution < -0.4 is 10.6 Å². The quantitative estimate of drug-likeness (QED) is 0.673. The molecule has 0 amide bonds. The lowest BCUT2D eigenvalue weighted by Gasteiger charge is -2.23. The Morgan fingerprint density at radius 2 is 1.86 bits per heavy atom. The number of hydrogen-bond donors (Lipinski definition) is 2. The van der Waals surface area contributed by atoms with Crippen LogP contribution in [0.1, 0.15) is 31.9 Å². The summed E-state index contributed by atoms with van der Waals surface area (Å²) in [6.07, 6.45) is 5.60. The Balaban J connectivity index is 1.88. The maximum Gasteiger partial charge on any atom is 0.191 e. The molecule has 1 aromatic heterocycles. The fourth-order valence-corrected chi connectivity index (χ4v) is 2.07. The fraction of sp³-hybridized carbons (Fsp3) is 0.412. The first-order valence-corrected chi connectivity index (χ1v) is 7.49. The van der Waals surface area contributed by atoms with Gasteiger partial charge in [-0.25, -0.2) is 4.98 Å². The predicted octanol–water partition coefficient (Wildman–Crippen LogP) is 2.39. The van der Waals surface area contributed by atoms with Gasteiger partial charge in [-0.2, -0.15) is 0 Å². The second-order valence-electron chi connectivity index (χ2n) is 6.35. The molecule has 0 bridgehead atoms. The SMILES string of the molecule is CN=C(NCc1ccc(Cn2ccnc2)cc1)NC(C)(C)C. The molecule has 0 saturated heterocycles. The highest BCUT2D eigenvalue weighted by molar-refractivity contribution is 5.80. The van der Waals surface area contributed by atoms with E-state index in [-0.39, 0.29) is 5.54 Å². The van der Waals surface area contributed by atoms with Gasteiger partial charge in [0.15, 0.2) is 5.96 Å². The van der Waals surface area contributed by atoms with Gasteiger partial charge in [0.05, 0.1) is 6.33 Å². The molecule has 0 aliphatic carbocycles. The minimum absolute atomic E-state index is 0.00347. The highest BCUT2D eigenvalue weighted by Crippen LogP contribution is 2.06. The van der Waals surface area contributed by atoms with E-state index < -0.39 is 0 Å². The molecule has 0 radical (unpaired) electrons. The van der Waals surface area contributed by atoms with Crippen LogP contribution in [-0.2, 0) is 13.1 Å². The van der Waals surface area contributed by atoms with Gasteiger partial charge in [-0.1, -0.05) is 24.3 Å². The van der Waals surface area contributed by atoms with Gasteiger partial charge < -0.3 is 15.2 Å². The zero-order valence-corrected chi connectivity index (χ0v) is 13.8. The van der Waals surface area contributed by atoms with Crippen LogP contribution in [0.5, 0.6) is 0 Å². The summed E-state index contributed by atoms with van der Waals surface area (Å²) in [4.78, 5) is 8.30. The summed E-state index contributed by atoms with van der Waals surface area (Å²) in [5, 5.41) is 6.68. The monoisotopic (exact) mass is 299 g/mol. The van der Waals surface area contributed by atoms with E-state index in [9.17, 15) is 0 Å². The van der Waals surface area contributed by atoms with Crippen molar-refractivity contribution in [3.05, 3.63) is 54.1 Å². The van der Waals surface area contributed by atoms with Crippen LogP contribution in [0.15, 0.2) is 48.0 Å². The molecule has 0 unspecified atom stereocenters. The summed E-state index contributed by atoms with van der Waals surface area (Å²) in [6.45, 7) is 7.95. The van der Waals surface area contributed by atoms with Gasteiger partial charge in [-0.3, -0.25) is 4.99 Å². The largest absolute Gasteiger partial charge is 0.352 e. The minimum atomic E-state index is -0.00347. The van der Waals surface area contributed by atoms with E-state index in [2.05, 4.69) is 70.2 Å². The maximum atomic E-state index is 4.24. The second kappa shape index (κ2) is 7.11. The smallest absolute Gasteiger partial charge is 0.191 e. The number of nitrogens with zero attached hydrogens (tertiary/aromatic N) is 3. The number of guanidine groups is 1. The van der Waals surface area contributed by atoms with Gasteiger partial charge in [0.25, 0.3) is 0 Å². The number of hydrogen-bond acceptors (Lipinski definition) is 2. The number of aromatic nitrogens is 2. The van der Waals surface area contributed by atoms with Crippen molar-refractivity contribution >= 4 is 5.96 Å². The van der Waals surface area contributed by atoms with Gasteiger partial charge in [0.1, 0.15) is 0 Å². The molecule has 0 saturated carbocycles. The van der Waals surface area contributed by atoms with E-state index in [1.165, 1.54) is 11.1 Å². The van der Waals surface area contributed by atoms with Crippen LogP contribution in [-0.4, -0.2) is 28.1 Å². The van der Waals surface area contributed by atoms with Gasteiger partial charge in [0.2, 0.25) is 0 Å². The normalized spacial score (nSPS) is 12.3. The highest BCUT2D eigenvalue weighted by atomic mass is 15.2. The van der Waals surface area contributed by atoms with Crippen LogP contribution in [0.2, 0.25) is 0 Å². The predicted molar refractivity (Wildman–Crippen MR) is 90.9 cm³/mol. The molecule has 5 nitrogen and oxygen atoms in total. The van der Waals surface area contributed by atoms with E-state index >= 15 is 0 Å². The summed E-state index contributed by atoms with van der Waals surface area (Å²) < 4.78 is 2.06. The Kier molecular flexibility index (Phi) is 5.20. The van der Waals surface area contributed by atoms with E-state index in [0.29, 0.717) is 0 Å². The van der Waals surface area contributed by atoms with Gasteiger partial charge >= 0.3 is 0 Å². The lowest BCUT2D eigenvalue weighted by Crippen LogP contribution is -2.47. The highest BCUT2D eigenvalue weighted by Gasteiger charge is 2.11. The van der Waals surface area contributed by atoms with Crippen molar-refractivity contribution in [3.8, 4) is 0 Å². The lowest BCUT2D eigenvalue weighted by molar-refractivity contribution is 0.501. The van der Waals surface area contributed by atoms with Crippen LogP contribution in [0.3, 0.4) is 0 Å². The van der Waals surface area contributed by atoms with Crippen LogP contribution >= 0.6 is 0 Å². The Labute approximate surface area is 132 Å². The fourth-order valence-electron chi connectivity index (χ4n) is 2.07. The zero-order chi connectivity index (χ0) is 16.0. The van der Waals surface area contributed by atoms with E-state index in [1.807, 2.05) is 12.5 Å². The first-order chi connectivity index (χ1) is 10.5. The molecule has 0 atom stereocenters. The third-order valence-electron chi connectivity index (χ3n) is 3.12. The lowest BCUT2D eigenvalue weighted by atomic mass is 10.1. The van der Waals surface area contributed by atoms with E-state index in [4.69, 9.17) is 0 Å². The molecule has 118 valence electrons. The molecule has 2 N–H and O–H groups in total. The third-order valence-corrected chi connectivity index (χ3v) is 3.12. The van der Waals surface area contributed by atoms with E-state index in [1.54, 1.807) is 13.2 Å². The van der Waals surface area contributed by atoms with Crippen molar-refractivity contribution in [3.63, 3.8) is 0 Å². The summed E-state index contributed by atoms with van der Waals surface area (Å²) in [7, 11) is 1.79. The number of imidazole rings is 1. The molecule has 0 spiro atoms. The van der Waals surface area contributed by atoms with Gasteiger partial charge in [-0.05, 0) is 31.9 Å². The Morgan fingerprint density at radius 1 is 1.18 bits per heavy atom. The molecule has 5 heteroatoms. The van der Waals surface area contributed by atoms with Gasteiger partial charge in [0, 0.05) is 38.1 Å². The molecule has 1 aromatic carbocycles. The van der Waals surface area contributed by atoms with Gasteiger partial charge in [-0.15, -0.1) is 0 Å². The zero-order valence-electron chi connectivity index (χ0n) is 13.8. The molecular formula is C17H25N5. The first-order valence-electron chi connectivity index (χ1n) is 7.49. The molecule has 2 aromatic rings. The Morgan fingerprint density at radius 3 is 2.41 bits per heavy atom. The van der Waals surface area contributed by atoms with Crippen LogP contribution in [0.25, 0.3) is 0 Å². The Hall–Kier alpha value is -2.30. The number of nitrogens with one attached hydrogen (secondary N) is 2. The Bertz CT molecular complexity index is 591. The molecule has 0 aliphatic rings. The number of benzene rings is 1. The van der Waals surface area contributed by atoms with E-state index in [0.717, 1.165) is 19.0 Å². The van der Waals surface area contributed by atoms with Crippen molar-refractivity contribution in [2.45, 2.75) is 39.4 Å². The van der Waals surface area contributed by atoms with Crippen molar-refractivity contribution in [2.75, 3.05) is 7.05 Å². The van der Waals surface area contributed by atoms with Crippen molar-refractivity contribution in [2.24, 2.45) is 4.99 Å². The average molecular weight is 299 g/mol. The van der Waals surface area contributed by atoms with Crippen LogP contribution in [0.4, 0.5) is 0 Å². The minimum Gasteiger partial charge on any atom is -0.352 e. The third kappa shape index (κ3) is 5.24. The molecule has 2 rings (SSSR count). The summed E-state index contributed by atoms with van der Waals surface area (Å²) in [5.41, 5.74) is 2.49. The molecule has 0 aliphatic heterocycles. The number of aliphatic imine (C=N–C) groups is 1. The average Bonchev–Trinajstić information content (AvgIpc) is 2.97. The molecule has 0 fully saturated rings. The molecule has 1 heterocycles.